The van der Waals surface area contributed by atoms with Crippen molar-refractivity contribution in [2.24, 2.45) is 0 Å². The number of carbonyl (C=O) groups excluding carboxylic acids is 2. The van der Waals surface area contributed by atoms with Crippen LogP contribution in [0.15, 0.2) is 71.2 Å². The number of para-hydroxylation sites is 2. The third-order valence-electron chi connectivity index (χ3n) is 3.79. The van der Waals surface area contributed by atoms with Crippen molar-refractivity contribution in [1.82, 2.24) is 0 Å². The Morgan fingerprint density at radius 1 is 0.931 bits per heavy atom. The molecule has 0 aromatic heterocycles. The Hall–Kier alpha value is -2.54. The minimum Gasteiger partial charge on any atom is -0.481 e. The van der Waals surface area contributed by atoms with Crippen molar-refractivity contribution in [3.8, 4) is 5.75 Å². The van der Waals surface area contributed by atoms with Crippen LogP contribution in [0.1, 0.15) is 10.4 Å². The predicted molar refractivity (Wildman–Crippen MR) is 119 cm³/mol. The van der Waals surface area contributed by atoms with E-state index in [2.05, 4.69) is 26.6 Å². The van der Waals surface area contributed by atoms with Crippen LogP contribution < -0.4 is 15.4 Å². The van der Waals surface area contributed by atoms with Crippen molar-refractivity contribution < 1.29 is 14.3 Å². The molecule has 0 saturated carbocycles. The van der Waals surface area contributed by atoms with Gasteiger partial charge >= 0.3 is 0 Å². The van der Waals surface area contributed by atoms with E-state index in [1.54, 1.807) is 42.5 Å². The fraction of sp³-hybridized carbons (Fsp3) is 0.0476. The average molecular weight is 494 g/mol. The summed E-state index contributed by atoms with van der Waals surface area (Å²) in [7, 11) is 0. The van der Waals surface area contributed by atoms with E-state index in [1.807, 2.05) is 18.2 Å². The van der Waals surface area contributed by atoms with E-state index in [1.165, 1.54) is 6.07 Å². The topological polar surface area (TPSA) is 67.4 Å². The Morgan fingerprint density at radius 3 is 2.34 bits per heavy atom. The first-order valence-electron chi connectivity index (χ1n) is 8.46. The van der Waals surface area contributed by atoms with E-state index in [0.29, 0.717) is 32.2 Å². The Morgan fingerprint density at radius 2 is 1.62 bits per heavy atom. The lowest BCUT2D eigenvalue weighted by Gasteiger charge is -2.13. The van der Waals surface area contributed by atoms with E-state index in [0.717, 1.165) is 0 Å². The van der Waals surface area contributed by atoms with Gasteiger partial charge in [-0.2, -0.15) is 0 Å². The van der Waals surface area contributed by atoms with Crippen molar-refractivity contribution in [2.45, 2.75) is 0 Å². The molecule has 3 rings (SSSR count). The molecule has 0 saturated heterocycles. The molecule has 2 amide bonds. The molecular formula is C21H15BrCl2N2O3. The van der Waals surface area contributed by atoms with Gasteiger partial charge < -0.3 is 15.4 Å². The third-order valence-corrected chi connectivity index (χ3v) is 4.88. The molecule has 3 aromatic carbocycles. The molecule has 2 N–H and O–H groups in total. The highest BCUT2D eigenvalue weighted by molar-refractivity contribution is 9.10. The fourth-order valence-corrected chi connectivity index (χ4v) is 3.87. The second-order valence-electron chi connectivity index (χ2n) is 5.90. The van der Waals surface area contributed by atoms with Gasteiger partial charge in [-0.15, -0.1) is 0 Å². The van der Waals surface area contributed by atoms with Gasteiger partial charge in [-0.1, -0.05) is 53.5 Å². The highest BCUT2D eigenvalue weighted by atomic mass is 79.9. The highest BCUT2D eigenvalue weighted by Crippen LogP contribution is 2.36. The molecule has 0 aliphatic heterocycles. The number of halogens is 3. The van der Waals surface area contributed by atoms with Crippen molar-refractivity contribution in [1.29, 1.82) is 0 Å². The highest BCUT2D eigenvalue weighted by Gasteiger charge is 2.15. The Bertz CT molecular complexity index is 1020. The van der Waals surface area contributed by atoms with Crippen LogP contribution in [-0.2, 0) is 4.79 Å². The number of benzene rings is 3. The molecule has 3 aromatic rings. The van der Waals surface area contributed by atoms with Gasteiger partial charge in [-0.05, 0) is 52.3 Å². The van der Waals surface area contributed by atoms with Crippen LogP contribution in [0.2, 0.25) is 10.0 Å². The molecule has 0 radical (unpaired) electrons. The number of anilines is 2. The fourth-order valence-electron chi connectivity index (χ4n) is 2.50. The van der Waals surface area contributed by atoms with Crippen LogP contribution in [0.5, 0.6) is 5.75 Å². The maximum atomic E-state index is 12.6. The van der Waals surface area contributed by atoms with Crippen LogP contribution in [0.4, 0.5) is 11.4 Å². The number of carbonyl (C=O) groups is 2. The van der Waals surface area contributed by atoms with Crippen molar-refractivity contribution in [3.63, 3.8) is 0 Å². The van der Waals surface area contributed by atoms with Gasteiger partial charge in [-0.25, -0.2) is 0 Å². The van der Waals surface area contributed by atoms with Crippen LogP contribution in [0.25, 0.3) is 0 Å². The van der Waals surface area contributed by atoms with Crippen molar-refractivity contribution in [3.05, 3.63) is 86.8 Å². The molecule has 0 heterocycles. The SMILES string of the molecule is O=C(COc1c(Cl)cc(Cl)cc1Br)Nc1ccccc1C(=O)Nc1ccccc1. The van der Waals surface area contributed by atoms with Gasteiger partial charge in [0.2, 0.25) is 0 Å². The van der Waals surface area contributed by atoms with Gasteiger partial charge in [0.15, 0.2) is 12.4 Å². The lowest BCUT2D eigenvalue weighted by atomic mass is 10.1. The summed E-state index contributed by atoms with van der Waals surface area (Å²) in [6, 6.07) is 18.9. The average Bonchev–Trinajstić information content (AvgIpc) is 2.68. The first-order chi connectivity index (χ1) is 13.9. The molecular weight excluding hydrogens is 479 g/mol. The van der Waals surface area contributed by atoms with E-state index in [4.69, 9.17) is 27.9 Å². The molecule has 29 heavy (non-hydrogen) atoms. The van der Waals surface area contributed by atoms with Gasteiger partial charge in [0.1, 0.15) is 0 Å². The summed E-state index contributed by atoms with van der Waals surface area (Å²) in [4.78, 5) is 24.9. The van der Waals surface area contributed by atoms with E-state index >= 15 is 0 Å². The first kappa shape index (κ1) is 21.2. The minimum atomic E-state index is -0.442. The zero-order valence-electron chi connectivity index (χ0n) is 14.9. The zero-order chi connectivity index (χ0) is 20.8. The summed E-state index contributed by atoms with van der Waals surface area (Å²) >= 11 is 15.3. The maximum absolute atomic E-state index is 12.6. The summed E-state index contributed by atoms with van der Waals surface area (Å²) in [6.07, 6.45) is 0. The molecule has 0 bridgehead atoms. The number of amides is 2. The van der Waals surface area contributed by atoms with Crippen molar-refractivity contribution >= 4 is 62.3 Å². The summed E-state index contributed by atoms with van der Waals surface area (Å²) in [5.74, 6) is -0.472. The van der Waals surface area contributed by atoms with Gasteiger partial charge in [0.05, 0.1) is 20.7 Å². The Kier molecular flexibility index (Phi) is 7.14. The monoisotopic (exact) mass is 492 g/mol. The summed E-state index contributed by atoms with van der Waals surface area (Å²) in [6.45, 7) is -0.297. The molecule has 5 nitrogen and oxygen atoms in total. The summed E-state index contributed by atoms with van der Waals surface area (Å²) < 4.78 is 6.04. The zero-order valence-corrected chi connectivity index (χ0v) is 18.0. The van der Waals surface area contributed by atoms with Gasteiger partial charge in [0.25, 0.3) is 11.8 Å². The van der Waals surface area contributed by atoms with E-state index in [-0.39, 0.29) is 17.5 Å². The van der Waals surface area contributed by atoms with Crippen LogP contribution in [-0.4, -0.2) is 18.4 Å². The summed E-state index contributed by atoms with van der Waals surface area (Å²) in [5, 5.41) is 6.20. The second kappa shape index (κ2) is 9.78. The largest absolute Gasteiger partial charge is 0.481 e. The Labute approximate surface area is 186 Å². The molecule has 0 spiro atoms. The normalized spacial score (nSPS) is 10.3. The van der Waals surface area contributed by atoms with E-state index in [9.17, 15) is 9.59 Å². The lowest BCUT2D eigenvalue weighted by molar-refractivity contribution is -0.118. The number of hydrogen-bond donors (Lipinski definition) is 2. The molecule has 0 aliphatic carbocycles. The number of rotatable bonds is 6. The van der Waals surface area contributed by atoms with Crippen LogP contribution >= 0.6 is 39.1 Å². The molecule has 0 aliphatic rings. The predicted octanol–water partition coefficient (Wildman–Crippen LogP) is 6.03. The standard InChI is InChI=1S/C21H15BrCl2N2O3/c22-16-10-13(23)11-17(24)20(16)29-12-19(27)26-18-9-5-4-8-15(18)21(28)25-14-6-2-1-3-7-14/h1-11H,12H2,(H,25,28)(H,26,27). The third kappa shape index (κ3) is 5.73. The number of nitrogens with one attached hydrogen (secondary N) is 2. The maximum Gasteiger partial charge on any atom is 0.262 e. The quantitative estimate of drug-likeness (QED) is 0.440. The molecule has 0 fully saturated rings. The molecule has 0 atom stereocenters. The molecule has 148 valence electrons. The van der Waals surface area contributed by atoms with Gasteiger partial charge in [-0.3, -0.25) is 9.59 Å². The van der Waals surface area contributed by atoms with Gasteiger partial charge in [0, 0.05) is 10.7 Å². The number of hydrogen-bond acceptors (Lipinski definition) is 3. The number of ether oxygens (including phenoxy) is 1. The van der Waals surface area contributed by atoms with Crippen LogP contribution in [0.3, 0.4) is 0 Å². The van der Waals surface area contributed by atoms with E-state index < -0.39 is 5.91 Å². The minimum absolute atomic E-state index is 0.278. The summed E-state index contributed by atoms with van der Waals surface area (Å²) in [5.41, 5.74) is 1.36. The van der Waals surface area contributed by atoms with Crippen LogP contribution in [0, 0.1) is 0 Å². The lowest BCUT2D eigenvalue weighted by Crippen LogP contribution is -2.23. The van der Waals surface area contributed by atoms with Crippen molar-refractivity contribution in [2.75, 3.05) is 17.2 Å². The smallest absolute Gasteiger partial charge is 0.262 e. The Balaban J connectivity index is 1.67. The molecule has 8 heteroatoms. The first-order valence-corrected chi connectivity index (χ1v) is 10.0. The molecule has 0 unspecified atom stereocenters. The second-order valence-corrected chi connectivity index (χ2v) is 7.60.